The van der Waals surface area contributed by atoms with Gasteiger partial charge in [0, 0.05) is 25.5 Å². The van der Waals surface area contributed by atoms with Crippen molar-refractivity contribution in [2.24, 2.45) is 10.9 Å². The van der Waals surface area contributed by atoms with Crippen molar-refractivity contribution in [3.8, 4) is 0 Å². The molecule has 0 saturated carbocycles. The molecule has 2 heterocycles. The van der Waals surface area contributed by atoms with Gasteiger partial charge in [-0.15, -0.1) is 0 Å². The normalized spacial score (nSPS) is 31.4. The average Bonchev–Trinajstić information content (AvgIpc) is 2.23. The molecule has 1 fully saturated rings. The van der Waals surface area contributed by atoms with E-state index < -0.39 is 5.60 Å². The number of rotatable bonds is 1. The van der Waals surface area contributed by atoms with Crippen LogP contribution < -0.4 is 0 Å². The van der Waals surface area contributed by atoms with Crippen LogP contribution in [0, 0.1) is 5.92 Å². The summed E-state index contributed by atoms with van der Waals surface area (Å²) in [4.78, 5) is 6.46. The lowest BCUT2D eigenvalue weighted by molar-refractivity contribution is 0.00882. The molecule has 84 valence electrons. The Balaban J connectivity index is 2.14. The van der Waals surface area contributed by atoms with Crippen LogP contribution in [0.15, 0.2) is 16.8 Å². The molecular weight excluding hydrogens is 188 g/mol. The predicted molar refractivity (Wildman–Crippen MR) is 62.0 cm³/mol. The van der Waals surface area contributed by atoms with E-state index in [1.807, 2.05) is 12.4 Å². The second kappa shape index (κ2) is 4.06. The van der Waals surface area contributed by atoms with Gasteiger partial charge in [-0.2, -0.15) is 0 Å². The van der Waals surface area contributed by atoms with Crippen molar-refractivity contribution in [3.05, 3.63) is 11.8 Å². The van der Waals surface area contributed by atoms with E-state index in [4.69, 9.17) is 0 Å². The highest BCUT2D eigenvalue weighted by Crippen LogP contribution is 2.35. The third-order valence-electron chi connectivity index (χ3n) is 3.66. The van der Waals surface area contributed by atoms with Crippen molar-refractivity contribution in [2.75, 3.05) is 20.1 Å². The molecule has 2 aliphatic rings. The van der Waals surface area contributed by atoms with E-state index in [-0.39, 0.29) is 0 Å². The Morgan fingerprint density at radius 2 is 2.13 bits per heavy atom. The maximum atomic E-state index is 10.6. The number of nitrogens with zero attached hydrogens (tertiary/aromatic N) is 2. The SMILES string of the molecule is CC1CC=NC=C1C1(O)CCN(C)CC1. The minimum absolute atomic E-state index is 0.441. The quantitative estimate of drug-likeness (QED) is 0.707. The first-order chi connectivity index (χ1) is 7.12. The second-order valence-electron chi connectivity index (χ2n) is 4.89. The number of aliphatic imine (C=N–C) groups is 1. The molecule has 15 heavy (non-hydrogen) atoms. The Morgan fingerprint density at radius 1 is 1.47 bits per heavy atom. The fourth-order valence-electron chi connectivity index (χ4n) is 2.46. The van der Waals surface area contributed by atoms with E-state index in [0.29, 0.717) is 5.92 Å². The molecule has 0 aliphatic carbocycles. The summed E-state index contributed by atoms with van der Waals surface area (Å²) in [5.41, 5.74) is 0.544. The number of hydrogen-bond acceptors (Lipinski definition) is 3. The van der Waals surface area contributed by atoms with Crippen LogP contribution in [0.25, 0.3) is 0 Å². The zero-order valence-corrected chi connectivity index (χ0v) is 9.61. The molecule has 1 atom stereocenters. The highest BCUT2D eigenvalue weighted by Gasteiger charge is 2.37. The number of aliphatic hydroxyl groups is 1. The van der Waals surface area contributed by atoms with Crippen molar-refractivity contribution >= 4 is 6.21 Å². The zero-order chi connectivity index (χ0) is 10.9. The van der Waals surface area contributed by atoms with Crippen LogP contribution in [0.4, 0.5) is 0 Å². The zero-order valence-electron chi connectivity index (χ0n) is 9.61. The average molecular weight is 208 g/mol. The summed E-state index contributed by atoms with van der Waals surface area (Å²) in [5, 5.41) is 10.6. The predicted octanol–water partition coefficient (Wildman–Crippen LogP) is 1.44. The maximum Gasteiger partial charge on any atom is 0.0901 e. The van der Waals surface area contributed by atoms with Crippen LogP contribution >= 0.6 is 0 Å². The highest BCUT2D eigenvalue weighted by molar-refractivity contribution is 5.61. The van der Waals surface area contributed by atoms with Gasteiger partial charge in [-0.1, -0.05) is 6.92 Å². The summed E-state index contributed by atoms with van der Waals surface area (Å²) >= 11 is 0. The molecule has 0 bridgehead atoms. The highest BCUT2D eigenvalue weighted by atomic mass is 16.3. The van der Waals surface area contributed by atoms with E-state index in [2.05, 4.69) is 23.9 Å². The monoisotopic (exact) mass is 208 g/mol. The minimum atomic E-state index is -0.594. The minimum Gasteiger partial charge on any atom is -0.385 e. The third-order valence-corrected chi connectivity index (χ3v) is 3.66. The van der Waals surface area contributed by atoms with E-state index >= 15 is 0 Å². The molecular formula is C12H20N2O. The van der Waals surface area contributed by atoms with Crippen LogP contribution in [0.5, 0.6) is 0 Å². The summed E-state index contributed by atoms with van der Waals surface area (Å²) in [6, 6.07) is 0. The molecule has 3 nitrogen and oxygen atoms in total. The molecule has 0 radical (unpaired) electrons. The molecule has 0 amide bonds. The molecule has 1 saturated heterocycles. The number of hydrogen-bond donors (Lipinski definition) is 1. The molecule has 0 spiro atoms. The third kappa shape index (κ3) is 2.13. The van der Waals surface area contributed by atoms with Gasteiger partial charge in [0.2, 0.25) is 0 Å². The van der Waals surface area contributed by atoms with Crippen LogP contribution in [-0.4, -0.2) is 42.0 Å². The Hall–Kier alpha value is -0.670. The van der Waals surface area contributed by atoms with Gasteiger partial charge in [-0.25, -0.2) is 0 Å². The maximum absolute atomic E-state index is 10.6. The van der Waals surface area contributed by atoms with Gasteiger partial charge in [0.15, 0.2) is 0 Å². The fraction of sp³-hybridized carbons (Fsp3) is 0.750. The lowest BCUT2D eigenvalue weighted by Crippen LogP contribution is -2.45. The summed E-state index contributed by atoms with van der Waals surface area (Å²) < 4.78 is 0. The smallest absolute Gasteiger partial charge is 0.0901 e. The van der Waals surface area contributed by atoms with E-state index in [0.717, 1.165) is 37.9 Å². The van der Waals surface area contributed by atoms with Gasteiger partial charge < -0.3 is 10.0 Å². The van der Waals surface area contributed by atoms with Crippen LogP contribution in [0.3, 0.4) is 0 Å². The van der Waals surface area contributed by atoms with Crippen LogP contribution in [0.2, 0.25) is 0 Å². The summed E-state index contributed by atoms with van der Waals surface area (Å²) in [6.45, 7) is 4.13. The molecule has 0 aromatic heterocycles. The van der Waals surface area contributed by atoms with Gasteiger partial charge in [-0.05, 0) is 37.8 Å². The molecule has 2 rings (SSSR count). The molecule has 3 heteroatoms. The van der Waals surface area contributed by atoms with Crippen LogP contribution in [-0.2, 0) is 0 Å². The van der Waals surface area contributed by atoms with Gasteiger partial charge in [0.25, 0.3) is 0 Å². The van der Waals surface area contributed by atoms with Gasteiger partial charge in [0.05, 0.1) is 5.60 Å². The Bertz CT molecular complexity index is 288. The van der Waals surface area contributed by atoms with E-state index in [1.165, 1.54) is 0 Å². The lowest BCUT2D eigenvalue weighted by Gasteiger charge is -2.40. The van der Waals surface area contributed by atoms with E-state index in [1.54, 1.807) is 0 Å². The standard InChI is InChI=1S/C12H20N2O/c1-10-3-6-13-9-11(10)12(15)4-7-14(2)8-5-12/h6,9-10,15H,3-5,7-8H2,1-2H3. The first-order valence-corrected chi connectivity index (χ1v) is 5.75. The molecule has 2 aliphatic heterocycles. The summed E-state index contributed by atoms with van der Waals surface area (Å²) in [6.07, 6.45) is 6.46. The molecule has 0 aromatic carbocycles. The van der Waals surface area contributed by atoms with Gasteiger partial charge in [-0.3, -0.25) is 4.99 Å². The van der Waals surface area contributed by atoms with Gasteiger partial charge >= 0.3 is 0 Å². The fourth-order valence-corrected chi connectivity index (χ4v) is 2.46. The first-order valence-electron chi connectivity index (χ1n) is 5.75. The Labute approximate surface area is 91.5 Å². The molecule has 1 unspecified atom stereocenters. The summed E-state index contributed by atoms with van der Waals surface area (Å²) in [7, 11) is 2.11. The Morgan fingerprint density at radius 3 is 2.73 bits per heavy atom. The van der Waals surface area contributed by atoms with Gasteiger partial charge in [0.1, 0.15) is 0 Å². The topological polar surface area (TPSA) is 35.8 Å². The molecule has 0 aromatic rings. The first kappa shape index (κ1) is 10.8. The number of piperidine rings is 1. The van der Waals surface area contributed by atoms with Crippen molar-refractivity contribution in [1.29, 1.82) is 0 Å². The second-order valence-corrected chi connectivity index (χ2v) is 4.89. The van der Waals surface area contributed by atoms with E-state index in [9.17, 15) is 5.11 Å². The van der Waals surface area contributed by atoms with Crippen molar-refractivity contribution in [2.45, 2.75) is 31.8 Å². The summed E-state index contributed by atoms with van der Waals surface area (Å²) in [5.74, 6) is 0.441. The van der Waals surface area contributed by atoms with Crippen LogP contribution in [0.1, 0.15) is 26.2 Å². The van der Waals surface area contributed by atoms with Crippen molar-refractivity contribution < 1.29 is 5.11 Å². The largest absolute Gasteiger partial charge is 0.385 e. The molecule has 1 N–H and O–H groups in total. The lowest BCUT2D eigenvalue weighted by atomic mass is 9.77. The van der Waals surface area contributed by atoms with Crippen molar-refractivity contribution in [3.63, 3.8) is 0 Å². The Kier molecular flexibility index (Phi) is 2.94. The van der Waals surface area contributed by atoms with Crippen molar-refractivity contribution in [1.82, 2.24) is 4.90 Å². The number of likely N-dealkylation sites (tertiary alicyclic amines) is 1.